The topological polar surface area (TPSA) is 74.0 Å². The first-order valence-electron chi connectivity index (χ1n) is 2.91. The van der Waals surface area contributed by atoms with Crippen LogP contribution in [-0.2, 0) is 0 Å². The zero-order chi connectivity index (χ0) is 8.27. The highest BCUT2D eigenvalue weighted by Crippen LogP contribution is 2.13. The van der Waals surface area contributed by atoms with E-state index in [1.54, 1.807) is 12.1 Å². The number of halogens is 1. The van der Waals surface area contributed by atoms with Crippen LogP contribution in [0.1, 0.15) is 0 Å². The second kappa shape index (κ2) is 4.84. The van der Waals surface area contributed by atoms with Crippen molar-refractivity contribution in [3.63, 3.8) is 0 Å². The molecule has 0 spiro atoms. The fourth-order valence-corrected chi connectivity index (χ4v) is 1.11. The van der Waals surface area contributed by atoms with Gasteiger partial charge in [0.25, 0.3) is 0 Å². The zero-order valence-electron chi connectivity index (χ0n) is 6.07. The maximum Gasteiger partial charge on any atom is 0.223 e. The van der Waals surface area contributed by atoms with Gasteiger partial charge in [0.15, 0.2) is 5.17 Å². The van der Waals surface area contributed by atoms with Gasteiger partial charge in [0.2, 0.25) is 12.4 Å². The third kappa shape index (κ3) is 3.45. The molecule has 1 heterocycles. The summed E-state index contributed by atoms with van der Waals surface area (Å²) in [5.74, 6) is 0. The number of nitrogens with one attached hydrogen (secondary N) is 1. The molecule has 0 unspecified atom stereocenters. The van der Waals surface area contributed by atoms with Gasteiger partial charge in [0.1, 0.15) is 0 Å². The van der Waals surface area contributed by atoms with Crippen LogP contribution in [0.3, 0.4) is 0 Å². The summed E-state index contributed by atoms with van der Waals surface area (Å²) >= 11 is 1.14. The third-order valence-electron chi connectivity index (χ3n) is 1.01. The van der Waals surface area contributed by atoms with E-state index in [0.717, 1.165) is 21.4 Å². The molecule has 1 aromatic heterocycles. The van der Waals surface area contributed by atoms with Gasteiger partial charge in [-0.05, 0) is 0 Å². The second-order valence-corrected chi connectivity index (χ2v) is 3.00. The van der Waals surface area contributed by atoms with Crippen molar-refractivity contribution in [3.05, 3.63) is 24.5 Å². The van der Waals surface area contributed by atoms with Gasteiger partial charge in [-0.2, -0.15) is 0 Å². The third-order valence-corrected chi connectivity index (χ3v) is 1.74. The molecule has 0 aliphatic carbocycles. The number of pyridine rings is 1. The van der Waals surface area contributed by atoms with Gasteiger partial charge in [0.05, 0.1) is 0 Å². The quantitative estimate of drug-likeness (QED) is 0.153. The fraction of sp³-hybridized carbons (Fsp3) is 0. The van der Waals surface area contributed by atoms with Gasteiger partial charge in [-0.15, -0.1) is 0 Å². The Balaban J connectivity index is 0.00000121. The molecular formula is C6H8ClN3OS. The smallest absolute Gasteiger partial charge is 0.223 e. The van der Waals surface area contributed by atoms with Crippen molar-refractivity contribution in [2.45, 2.75) is 4.90 Å². The molecule has 0 saturated heterocycles. The molecule has 4 nitrogen and oxygen atoms in total. The van der Waals surface area contributed by atoms with E-state index in [1.807, 2.05) is 0 Å². The van der Waals surface area contributed by atoms with Crippen molar-refractivity contribution in [2.75, 3.05) is 0 Å². The Kier molecular flexibility index (Phi) is 4.46. The normalized spacial score (nSPS) is 8.67. The predicted octanol–water partition coefficient (Wildman–Crippen LogP) is -2.80. The van der Waals surface area contributed by atoms with Crippen LogP contribution >= 0.6 is 11.8 Å². The Morgan fingerprint density at radius 2 is 2.00 bits per heavy atom. The maximum absolute atomic E-state index is 8.81. The molecule has 0 aliphatic rings. The lowest BCUT2D eigenvalue weighted by Gasteiger charge is -1.93. The molecule has 4 N–H and O–H groups in total. The van der Waals surface area contributed by atoms with Gasteiger partial charge in [0, 0.05) is 21.8 Å². The Labute approximate surface area is 80.3 Å². The van der Waals surface area contributed by atoms with E-state index in [1.165, 1.54) is 12.4 Å². The number of thioether (sulfide) groups is 1. The van der Waals surface area contributed by atoms with Gasteiger partial charge >= 0.3 is 0 Å². The highest BCUT2D eigenvalue weighted by molar-refractivity contribution is 8.13. The average Bonchev–Trinajstić information content (AvgIpc) is 1.93. The molecule has 0 aliphatic heterocycles. The maximum atomic E-state index is 8.81. The van der Waals surface area contributed by atoms with Crippen LogP contribution in [0.25, 0.3) is 0 Å². The van der Waals surface area contributed by atoms with Gasteiger partial charge in [-0.1, -0.05) is 11.8 Å². The first kappa shape index (κ1) is 11.1. The first-order valence-corrected chi connectivity index (χ1v) is 3.72. The highest BCUT2D eigenvalue weighted by atomic mass is 35.5. The molecule has 0 fully saturated rings. The van der Waals surface area contributed by atoms with E-state index in [9.17, 15) is 0 Å². The second-order valence-electron chi connectivity index (χ2n) is 1.88. The predicted molar refractivity (Wildman–Crippen MR) is 41.6 cm³/mol. The summed E-state index contributed by atoms with van der Waals surface area (Å²) in [4.78, 5) is 0.836. The van der Waals surface area contributed by atoms with Gasteiger partial charge in [-0.3, -0.25) is 10.6 Å². The van der Waals surface area contributed by atoms with E-state index in [4.69, 9.17) is 16.4 Å². The van der Waals surface area contributed by atoms with Gasteiger partial charge < -0.3 is 18.1 Å². The van der Waals surface area contributed by atoms with Crippen LogP contribution in [0.4, 0.5) is 0 Å². The molecule has 0 amide bonds. The van der Waals surface area contributed by atoms with Crippen molar-refractivity contribution >= 4 is 16.9 Å². The zero-order valence-corrected chi connectivity index (χ0v) is 7.64. The van der Waals surface area contributed by atoms with E-state index in [-0.39, 0.29) is 17.6 Å². The molecule has 0 radical (unpaired) electrons. The lowest BCUT2D eigenvalue weighted by molar-refractivity contribution is -0.905. The summed E-state index contributed by atoms with van der Waals surface area (Å²) in [6.07, 6.45) is 2.95. The SMILES string of the molecule is N=C(N)Sc1cc[n+](O)cc1.[Cl-]. The van der Waals surface area contributed by atoms with E-state index >= 15 is 0 Å². The summed E-state index contributed by atoms with van der Waals surface area (Å²) in [5, 5.41) is 15.8. The van der Waals surface area contributed by atoms with E-state index in [2.05, 4.69) is 0 Å². The summed E-state index contributed by atoms with van der Waals surface area (Å²) in [6, 6.07) is 3.35. The molecule has 66 valence electrons. The van der Waals surface area contributed by atoms with Gasteiger partial charge in [-0.25, -0.2) is 0 Å². The van der Waals surface area contributed by atoms with Crippen molar-refractivity contribution < 1.29 is 22.3 Å². The monoisotopic (exact) mass is 205 g/mol. The number of hydrogen-bond acceptors (Lipinski definition) is 3. The Hall–Kier alpha value is -0.940. The molecule has 0 aromatic carbocycles. The van der Waals surface area contributed by atoms with Crippen LogP contribution in [0.2, 0.25) is 0 Å². The van der Waals surface area contributed by atoms with Crippen LogP contribution < -0.4 is 22.9 Å². The number of nitrogens with zero attached hydrogens (tertiary/aromatic N) is 1. The highest BCUT2D eigenvalue weighted by Gasteiger charge is 1.99. The number of amidine groups is 1. The lowest BCUT2D eigenvalue weighted by Crippen LogP contribution is -3.00. The molecule has 6 heteroatoms. The molecular weight excluding hydrogens is 198 g/mol. The molecule has 1 rings (SSSR count). The largest absolute Gasteiger partial charge is 1.00 e. The van der Waals surface area contributed by atoms with E-state index in [0.29, 0.717) is 0 Å². The molecule has 12 heavy (non-hydrogen) atoms. The van der Waals surface area contributed by atoms with Crippen LogP contribution in [0, 0.1) is 5.41 Å². The average molecular weight is 206 g/mol. The van der Waals surface area contributed by atoms with Crippen LogP contribution in [-0.4, -0.2) is 10.4 Å². The van der Waals surface area contributed by atoms with E-state index < -0.39 is 0 Å². The van der Waals surface area contributed by atoms with Crippen molar-refractivity contribution in [2.24, 2.45) is 5.73 Å². The number of aromatic nitrogens is 1. The Morgan fingerprint density at radius 3 is 2.42 bits per heavy atom. The standard InChI is InChI=1S/C6H8N3OS.ClH/c7-6(8)11-5-1-3-9(10)4-2-5;/h1-4,10H,(H3,7,8);1H/q+1;/p-1. The molecule has 0 saturated carbocycles. The van der Waals surface area contributed by atoms with Crippen LogP contribution in [0.15, 0.2) is 29.4 Å². The van der Waals surface area contributed by atoms with Crippen LogP contribution in [0.5, 0.6) is 0 Å². The Morgan fingerprint density at radius 1 is 1.50 bits per heavy atom. The van der Waals surface area contributed by atoms with Crippen molar-refractivity contribution in [3.8, 4) is 0 Å². The minimum absolute atomic E-state index is 0. The molecule has 0 atom stereocenters. The number of hydrogen-bond donors (Lipinski definition) is 3. The number of nitrogens with two attached hydrogens (primary N) is 1. The summed E-state index contributed by atoms with van der Waals surface area (Å²) in [5.41, 5.74) is 5.14. The fourth-order valence-electron chi connectivity index (χ4n) is 0.600. The first-order chi connectivity index (χ1) is 5.18. The molecule has 1 aromatic rings. The lowest BCUT2D eigenvalue weighted by atomic mass is 10.5. The van der Waals surface area contributed by atoms with Crippen molar-refractivity contribution in [1.29, 1.82) is 5.41 Å². The minimum atomic E-state index is 0. The summed E-state index contributed by atoms with van der Waals surface area (Å²) < 4.78 is 0.935. The Bertz CT molecular complexity index is 264. The minimum Gasteiger partial charge on any atom is -1.00 e. The summed E-state index contributed by atoms with van der Waals surface area (Å²) in [7, 11) is 0. The summed E-state index contributed by atoms with van der Waals surface area (Å²) in [6.45, 7) is 0. The molecule has 0 bridgehead atoms. The number of rotatable bonds is 1. The van der Waals surface area contributed by atoms with Crippen molar-refractivity contribution in [1.82, 2.24) is 0 Å².